The van der Waals surface area contributed by atoms with Gasteiger partial charge in [-0.2, -0.15) is 0 Å². The lowest BCUT2D eigenvalue weighted by atomic mass is 9.62. The molecule has 1 N–H and O–H groups in total. The highest BCUT2D eigenvalue weighted by Crippen LogP contribution is 2.65. The summed E-state index contributed by atoms with van der Waals surface area (Å²) < 4.78 is 12.1. The Balaban J connectivity index is 1.77. The van der Waals surface area contributed by atoms with Gasteiger partial charge in [0, 0.05) is 37.6 Å². The summed E-state index contributed by atoms with van der Waals surface area (Å²) in [7, 11) is 0. The zero-order chi connectivity index (χ0) is 27.8. The quantitative estimate of drug-likeness (QED) is 0.349. The van der Waals surface area contributed by atoms with Crippen LogP contribution in [0.25, 0.3) is 0 Å². The van der Waals surface area contributed by atoms with Gasteiger partial charge in [0.1, 0.15) is 17.6 Å². The molecule has 3 aliphatic heterocycles. The van der Waals surface area contributed by atoms with Crippen molar-refractivity contribution in [1.82, 2.24) is 4.90 Å². The predicted octanol–water partition coefficient (Wildman–Crippen LogP) is 2.62. The van der Waals surface area contributed by atoms with Gasteiger partial charge in [0.15, 0.2) is 0 Å². The molecule has 2 amide bonds. The molecule has 1 aromatic rings. The first-order valence-corrected chi connectivity index (χ1v) is 13.7. The number of carbonyl (C=O) groups is 3. The molecule has 1 aromatic carbocycles. The molecule has 3 saturated heterocycles. The molecule has 208 valence electrons. The number of amides is 2. The molecule has 0 aliphatic carbocycles. The third kappa shape index (κ3) is 4.11. The minimum absolute atomic E-state index is 0.0275. The molecule has 0 saturated carbocycles. The van der Waals surface area contributed by atoms with Crippen LogP contribution >= 0.6 is 0 Å². The highest BCUT2D eigenvalue weighted by atomic mass is 16.6. The zero-order valence-electron chi connectivity index (χ0n) is 23.2. The van der Waals surface area contributed by atoms with Crippen molar-refractivity contribution in [1.29, 1.82) is 0 Å². The van der Waals surface area contributed by atoms with Crippen molar-refractivity contribution in [3.05, 3.63) is 36.9 Å². The Morgan fingerprint density at radius 1 is 1.21 bits per heavy atom. The van der Waals surface area contributed by atoms with E-state index in [1.54, 1.807) is 17.9 Å². The topological polar surface area (TPSA) is 99.6 Å². The molecule has 6 atom stereocenters. The van der Waals surface area contributed by atoms with E-state index in [1.165, 1.54) is 4.90 Å². The minimum Gasteiger partial charge on any atom is -0.466 e. The molecule has 3 heterocycles. The molecule has 9 nitrogen and oxygen atoms in total. The number of fused-ring (bicyclic) bond motifs is 1. The number of hydrogen-bond acceptors (Lipinski definition) is 7. The Bertz CT molecular complexity index is 1070. The second-order valence-electron chi connectivity index (χ2n) is 10.6. The Labute approximate surface area is 225 Å². The van der Waals surface area contributed by atoms with Crippen LogP contribution in [0.4, 0.5) is 11.4 Å². The maximum Gasteiger partial charge on any atom is 0.312 e. The number of aliphatic hydroxyl groups excluding tert-OH is 1. The van der Waals surface area contributed by atoms with Gasteiger partial charge in [-0.3, -0.25) is 14.4 Å². The van der Waals surface area contributed by atoms with Crippen LogP contribution in [0, 0.1) is 17.8 Å². The van der Waals surface area contributed by atoms with Gasteiger partial charge >= 0.3 is 5.97 Å². The minimum atomic E-state index is -1.19. The maximum absolute atomic E-state index is 14.4. The molecular weight excluding hydrogens is 486 g/mol. The van der Waals surface area contributed by atoms with E-state index in [9.17, 15) is 19.5 Å². The van der Waals surface area contributed by atoms with E-state index >= 15 is 0 Å². The molecule has 1 spiro atoms. The largest absolute Gasteiger partial charge is 0.466 e. The lowest BCUT2D eigenvalue weighted by Gasteiger charge is -2.37. The van der Waals surface area contributed by atoms with Crippen molar-refractivity contribution in [3.63, 3.8) is 0 Å². The van der Waals surface area contributed by atoms with E-state index in [0.29, 0.717) is 12.1 Å². The summed E-state index contributed by atoms with van der Waals surface area (Å²) in [5, 5.41) is 9.85. The Morgan fingerprint density at radius 2 is 1.84 bits per heavy atom. The lowest BCUT2D eigenvalue weighted by Crippen LogP contribution is -2.57. The maximum atomic E-state index is 14.4. The zero-order valence-corrected chi connectivity index (χ0v) is 23.2. The first kappa shape index (κ1) is 28.1. The normalized spacial score (nSPS) is 31.3. The Morgan fingerprint density at radius 3 is 2.39 bits per heavy atom. The van der Waals surface area contributed by atoms with E-state index in [0.717, 1.165) is 18.8 Å². The van der Waals surface area contributed by atoms with E-state index in [2.05, 4.69) is 25.3 Å². The molecule has 0 radical (unpaired) electrons. The number of rotatable bonds is 11. The summed E-state index contributed by atoms with van der Waals surface area (Å²) in [5.74, 6) is -2.88. The van der Waals surface area contributed by atoms with Crippen molar-refractivity contribution in [3.8, 4) is 0 Å². The Kier molecular flexibility index (Phi) is 7.91. The van der Waals surface area contributed by atoms with Crippen molar-refractivity contribution in [2.75, 3.05) is 49.2 Å². The summed E-state index contributed by atoms with van der Waals surface area (Å²) in [6, 6.07) is 6.77. The van der Waals surface area contributed by atoms with Gasteiger partial charge in [-0.1, -0.05) is 13.0 Å². The van der Waals surface area contributed by atoms with Crippen LogP contribution < -0.4 is 9.80 Å². The van der Waals surface area contributed by atoms with Crippen molar-refractivity contribution < 1.29 is 29.0 Å². The van der Waals surface area contributed by atoms with Crippen LogP contribution in [0.2, 0.25) is 0 Å². The van der Waals surface area contributed by atoms with Crippen LogP contribution in [-0.2, 0) is 23.9 Å². The number of likely N-dealkylation sites (tertiary alicyclic amines) is 1. The molecule has 38 heavy (non-hydrogen) atoms. The highest BCUT2D eigenvalue weighted by molar-refractivity contribution is 6.05. The number of aliphatic hydroxyl groups is 1. The highest BCUT2D eigenvalue weighted by Gasteiger charge is 2.80. The number of ether oxygens (including phenoxy) is 2. The van der Waals surface area contributed by atoms with Crippen molar-refractivity contribution in [2.24, 2.45) is 17.8 Å². The Hall–Kier alpha value is -2.91. The lowest BCUT2D eigenvalue weighted by molar-refractivity contribution is -0.161. The third-order valence-electron chi connectivity index (χ3n) is 8.80. The van der Waals surface area contributed by atoms with Crippen molar-refractivity contribution in [2.45, 2.75) is 58.3 Å². The first-order chi connectivity index (χ1) is 18.1. The standard InChI is InChI=1S/C29H41N3O6/c1-7-15-31(21-13-11-20(12-14-21)30(8-2)9-3)26(35)24-29-18-19(5)28(6,38-29)23(27(36)37-10-4)22(29)25(34)32(24)16-17-33/h7,11-14,19,22-24,33H,1,8-10,15-18H2,2-6H3/t19?,22-,23-,24?,28+,29?/m0/s1. The predicted molar refractivity (Wildman–Crippen MR) is 145 cm³/mol. The number of nitrogens with zero attached hydrogens (tertiary/aromatic N) is 3. The number of hydrogen-bond donors (Lipinski definition) is 1. The average Bonchev–Trinajstić information content (AvgIpc) is 3.40. The summed E-state index contributed by atoms with van der Waals surface area (Å²) >= 11 is 0. The van der Waals surface area contributed by atoms with Gasteiger partial charge in [0.25, 0.3) is 5.91 Å². The fourth-order valence-electron chi connectivity index (χ4n) is 6.99. The van der Waals surface area contributed by atoms with Gasteiger partial charge < -0.3 is 29.3 Å². The number of carbonyl (C=O) groups excluding carboxylic acids is 3. The van der Waals surface area contributed by atoms with Gasteiger partial charge in [-0.15, -0.1) is 6.58 Å². The molecule has 3 aliphatic rings. The van der Waals surface area contributed by atoms with E-state index in [4.69, 9.17) is 9.47 Å². The van der Waals surface area contributed by atoms with E-state index < -0.39 is 35.0 Å². The molecular formula is C29H41N3O6. The van der Waals surface area contributed by atoms with Crippen LogP contribution in [0.5, 0.6) is 0 Å². The smallest absolute Gasteiger partial charge is 0.312 e. The second kappa shape index (κ2) is 10.7. The first-order valence-electron chi connectivity index (χ1n) is 13.7. The van der Waals surface area contributed by atoms with Crippen LogP contribution in [0.15, 0.2) is 36.9 Å². The number of anilines is 2. The SMILES string of the molecule is C=CCN(C(=O)C1N(CCO)C(=O)[C@@H]2[C@@H](C(=O)OCC)[C@]3(C)OC12CC3C)c1ccc(N(CC)CC)cc1. The van der Waals surface area contributed by atoms with Crippen molar-refractivity contribution >= 4 is 29.2 Å². The number of esters is 1. The van der Waals surface area contributed by atoms with Gasteiger partial charge in [0.2, 0.25) is 5.91 Å². The number of benzene rings is 1. The molecule has 0 aromatic heterocycles. The molecule has 4 rings (SSSR count). The van der Waals surface area contributed by atoms with Crippen LogP contribution in [0.1, 0.15) is 41.0 Å². The summed E-state index contributed by atoms with van der Waals surface area (Å²) in [5.41, 5.74) is -0.380. The molecule has 3 fully saturated rings. The molecule has 3 unspecified atom stereocenters. The molecule has 2 bridgehead atoms. The van der Waals surface area contributed by atoms with Gasteiger partial charge in [0.05, 0.1) is 24.7 Å². The monoisotopic (exact) mass is 527 g/mol. The average molecular weight is 528 g/mol. The fourth-order valence-corrected chi connectivity index (χ4v) is 6.99. The van der Waals surface area contributed by atoms with E-state index in [-0.39, 0.29) is 44.0 Å². The summed E-state index contributed by atoms with van der Waals surface area (Å²) in [6.07, 6.45) is 2.10. The molecule has 9 heteroatoms. The van der Waals surface area contributed by atoms with Gasteiger partial charge in [-0.25, -0.2) is 0 Å². The number of β-amino-alcohol motifs (C(OH)–C–C–N with tert-alkyl or cyclic N) is 1. The van der Waals surface area contributed by atoms with E-state index in [1.807, 2.05) is 38.1 Å². The summed E-state index contributed by atoms with van der Waals surface area (Å²) in [6.45, 7) is 15.4. The van der Waals surface area contributed by atoms with Crippen LogP contribution in [0.3, 0.4) is 0 Å². The second-order valence-corrected chi connectivity index (χ2v) is 10.6. The third-order valence-corrected chi connectivity index (χ3v) is 8.80. The van der Waals surface area contributed by atoms with Crippen LogP contribution in [-0.4, -0.2) is 84.4 Å². The fraction of sp³-hybridized carbons (Fsp3) is 0.621. The van der Waals surface area contributed by atoms with Gasteiger partial charge in [-0.05, 0) is 64.3 Å². The summed E-state index contributed by atoms with van der Waals surface area (Å²) in [4.78, 5) is 46.7.